The molecule has 4 rings (SSSR count). The average molecular weight is 410 g/mol. The van der Waals surface area contributed by atoms with Crippen molar-refractivity contribution in [3.63, 3.8) is 0 Å². The van der Waals surface area contributed by atoms with Crippen molar-refractivity contribution in [2.75, 3.05) is 17.7 Å². The lowest BCUT2D eigenvalue weighted by Gasteiger charge is -2.12. The van der Waals surface area contributed by atoms with Crippen molar-refractivity contribution in [3.05, 3.63) is 75.3 Å². The first-order chi connectivity index (χ1) is 14.0. The van der Waals surface area contributed by atoms with Gasteiger partial charge >= 0.3 is 5.63 Å². The molecule has 7 nitrogen and oxygen atoms in total. The minimum Gasteiger partial charge on any atom is -0.421 e. The van der Waals surface area contributed by atoms with Crippen molar-refractivity contribution < 1.29 is 13.7 Å². The molecule has 2 N–H and O–H groups in total. The Morgan fingerprint density at radius 1 is 1.07 bits per heavy atom. The molecular weight excluding hydrogens is 394 g/mol. The van der Waals surface area contributed by atoms with Crippen molar-refractivity contribution >= 4 is 39.9 Å². The number of carbonyl (C=O) groups is 1. The van der Waals surface area contributed by atoms with Gasteiger partial charge in [0.2, 0.25) is 0 Å². The molecule has 1 amide bonds. The molecule has 0 fully saturated rings. The fourth-order valence-corrected chi connectivity index (χ4v) is 3.40. The third-order valence-electron chi connectivity index (χ3n) is 4.52. The van der Waals surface area contributed by atoms with Gasteiger partial charge in [0.15, 0.2) is 5.69 Å². The number of nitrogens with zero attached hydrogens (tertiary/aromatic N) is 1. The Morgan fingerprint density at radius 2 is 1.79 bits per heavy atom. The minimum atomic E-state index is -0.671. The molecule has 4 aromatic rings. The SMILES string of the molecule is CNc1c(NC(=O)c2c(-c3ccccc3Cl)noc2C)c(=O)oc2ccccc12. The van der Waals surface area contributed by atoms with Crippen LogP contribution in [0.2, 0.25) is 5.02 Å². The maximum Gasteiger partial charge on any atom is 0.362 e. The van der Waals surface area contributed by atoms with Gasteiger partial charge in [-0.2, -0.15) is 0 Å². The Kier molecular flexibility index (Phi) is 4.82. The number of nitrogens with one attached hydrogen (secondary N) is 2. The lowest BCUT2D eigenvalue weighted by molar-refractivity contribution is 0.102. The molecule has 0 unspecified atom stereocenters. The topological polar surface area (TPSA) is 97.4 Å². The van der Waals surface area contributed by atoms with Gasteiger partial charge < -0.3 is 19.6 Å². The summed E-state index contributed by atoms with van der Waals surface area (Å²) in [5.74, 6) is -0.258. The number of rotatable bonds is 4. The van der Waals surface area contributed by atoms with Crippen LogP contribution in [0.25, 0.3) is 22.2 Å². The van der Waals surface area contributed by atoms with Crippen LogP contribution in [0.3, 0.4) is 0 Å². The van der Waals surface area contributed by atoms with Crippen molar-refractivity contribution in [2.45, 2.75) is 6.92 Å². The summed E-state index contributed by atoms with van der Waals surface area (Å²) in [6.07, 6.45) is 0. The summed E-state index contributed by atoms with van der Waals surface area (Å²) in [5, 5.41) is 10.7. The zero-order valence-corrected chi connectivity index (χ0v) is 16.3. The fourth-order valence-electron chi connectivity index (χ4n) is 3.18. The Hall–Kier alpha value is -3.58. The molecule has 146 valence electrons. The molecule has 29 heavy (non-hydrogen) atoms. The van der Waals surface area contributed by atoms with Crippen LogP contribution in [0.4, 0.5) is 11.4 Å². The molecular formula is C21H16ClN3O4. The predicted octanol–water partition coefficient (Wildman–Crippen LogP) is 4.70. The molecule has 0 aliphatic carbocycles. The van der Waals surface area contributed by atoms with E-state index in [1.165, 1.54) is 0 Å². The van der Waals surface area contributed by atoms with E-state index >= 15 is 0 Å². The van der Waals surface area contributed by atoms with Crippen LogP contribution in [0.5, 0.6) is 0 Å². The average Bonchev–Trinajstić information content (AvgIpc) is 3.10. The lowest BCUT2D eigenvalue weighted by atomic mass is 10.1. The molecule has 2 heterocycles. The van der Waals surface area contributed by atoms with E-state index in [1.54, 1.807) is 56.4 Å². The number of para-hydroxylation sites is 1. The van der Waals surface area contributed by atoms with Gasteiger partial charge in [-0.15, -0.1) is 0 Å². The van der Waals surface area contributed by atoms with Gasteiger partial charge in [0.1, 0.15) is 22.6 Å². The van der Waals surface area contributed by atoms with Gasteiger partial charge in [-0.25, -0.2) is 4.79 Å². The van der Waals surface area contributed by atoms with Crippen LogP contribution < -0.4 is 16.3 Å². The number of anilines is 2. The van der Waals surface area contributed by atoms with E-state index in [2.05, 4.69) is 15.8 Å². The molecule has 0 aliphatic rings. The van der Waals surface area contributed by atoms with Crippen molar-refractivity contribution in [2.24, 2.45) is 0 Å². The Labute approximate surface area is 170 Å². The van der Waals surface area contributed by atoms with Crippen molar-refractivity contribution in [1.82, 2.24) is 5.16 Å². The normalized spacial score (nSPS) is 10.9. The number of hydrogen-bond donors (Lipinski definition) is 2. The molecule has 2 aromatic heterocycles. The third kappa shape index (κ3) is 3.25. The third-order valence-corrected chi connectivity index (χ3v) is 4.85. The number of amides is 1. The molecule has 0 saturated heterocycles. The summed E-state index contributed by atoms with van der Waals surface area (Å²) in [6.45, 7) is 1.62. The van der Waals surface area contributed by atoms with Gasteiger partial charge in [-0.1, -0.05) is 47.1 Å². The highest BCUT2D eigenvalue weighted by atomic mass is 35.5. The van der Waals surface area contributed by atoms with Crippen molar-refractivity contribution in [1.29, 1.82) is 0 Å². The van der Waals surface area contributed by atoms with Gasteiger partial charge in [0, 0.05) is 18.0 Å². The molecule has 8 heteroatoms. The van der Waals surface area contributed by atoms with Crippen LogP contribution in [0.1, 0.15) is 16.1 Å². The summed E-state index contributed by atoms with van der Waals surface area (Å²) < 4.78 is 10.6. The quantitative estimate of drug-likeness (QED) is 0.474. The highest BCUT2D eigenvalue weighted by Gasteiger charge is 2.25. The first-order valence-electron chi connectivity index (χ1n) is 8.77. The van der Waals surface area contributed by atoms with Crippen LogP contribution in [0.15, 0.2) is 62.3 Å². The summed E-state index contributed by atoms with van der Waals surface area (Å²) >= 11 is 6.25. The van der Waals surface area contributed by atoms with Crippen LogP contribution in [-0.4, -0.2) is 18.1 Å². The summed E-state index contributed by atoms with van der Waals surface area (Å²) in [4.78, 5) is 25.6. The second-order valence-corrected chi connectivity index (χ2v) is 6.69. The second-order valence-electron chi connectivity index (χ2n) is 6.28. The second kappa shape index (κ2) is 7.44. The number of aromatic nitrogens is 1. The predicted molar refractivity (Wildman–Crippen MR) is 112 cm³/mol. The van der Waals surface area contributed by atoms with Crippen molar-refractivity contribution in [3.8, 4) is 11.3 Å². The molecule has 2 aromatic carbocycles. The number of halogens is 1. The van der Waals surface area contributed by atoms with E-state index < -0.39 is 11.5 Å². The molecule has 0 atom stereocenters. The van der Waals surface area contributed by atoms with Gasteiger partial charge in [0.25, 0.3) is 5.91 Å². The van der Waals surface area contributed by atoms with E-state index in [-0.39, 0.29) is 11.3 Å². The van der Waals surface area contributed by atoms with Crippen LogP contribution in [-0.2, 0) is 0 Å². The Bertz CT molecular complexity index is 1290. The van der Waals surface area contributed by atoms with Gasteiger partial charge in [-0.3, -0.25) is 4.79 Å². The first-order valence-corrected chi connectivity index (χ1v) is 9.15. The minimum absolute atomic E-state index is 0.00177. The van der Waals surface area contributed by atoms with E-state index in [4.69, 9.17) is 20.5 Å². The maximum absolute atomic E-state index is 13.1. The zero-order valence-electron chi connectivity index (χ0n) is 15.6. The lowest BCUT2D eigenvalue weighted by Crippen LogP contribution is -2.20. The number of fused-ring (bicyclic) bond motifs is 1. The monoisotopic (exact) mass is 409 g/mol. The van der Waals surface area contributed by atoms with Gasteiger partial charge in [0.05, 0.1) is 10.7 Å². The maximum atomic E-state index is 13.1. The molecule has 0 radical (unpaired) electrons. The highest BCUT2D eigenvalue weighted by Crippen LogP contribution is 2.33. The summed E-state index contributed by atoms with van der Waals surface area (Å²) in [6, 6.07) is 14.0. The van der Waals surface area contributed by atoms with E-state index in [9.17, 15) is 9.59 Å². The standard InChI is InChI=1S/C21H16ClN3O4/c1-11-16(17(25-29-11)12-7-3-5-9-14(12)22)20(26)24-19-18(23-2)13-8-4-6-10-15(13)28-21(19)27/h3-10,23H,1-2H3,(H,24,26). The fraction of sp³-hybridized carbons (Fsp3) is 0.0952. The summed E-state index contributed by atoms with van der Waals surface area (Å²) in [7, 11) is 1.66. The largest absolute Gasteiger partial charge is 0.421 e. The molecule has 0 spiro atoms. The van der Waals surface area contributed by atoms with Crippen LogP contribution >= 0.6 is 11.6 Å². The molecule has 0 aliphatic heterocycles. The smallest absolute Gasteiger partial charge is 0.362 e. The van der Waals surface area contributed by atoms with Gasteiger partial charge in [-0.05, 0) is 25.1 Å². The Morgan fingerprint density at radius 3 is 2.55 bits per heavy atom. The van der Waals surface area contributed by atoms with E-state index in [0.29, 0.717) is 38.7 Å². The number of carbonyl (C=O) groups excluding carboxylic acids is 1. The van der Waals surface area contributed by atoms with E-state index in [1.807, 2.05) is 6.07 Å². The number of hydrogen-bond acceptors (Lipinski definition) is 6. The Balaban J connectivity index is 1.81. The number of aryl methyl sites for hydroxylation is 1. The van der Waals surface area contributed by atoms with Crippen LogP contribution in [0, 0.1) is 6.92 Å². The van der Waals surface area contributed by atoms with E-state index in [0.717, 1.165) is 0 Å². The molecule has 0 saturated carbocycles. The molecule has 0 bridgehead atoms. The number of benzene rings is 2. The zero-order chi connectivity index (χ0) is 20.5. The summed E-state index contributed by atoms with van der Waals surface area (Å²) in [5.41, 5.74) is 1.23. The first kappa shape index (κ1) is 18.8. The highest BCUT2D eigenvalue weighted by molar-refractivity contribution is 6.33.